The van der Waals surface area contributed by atoms with Crippen LogP contribution in [0.1, 0.15) is 20.7 Å². The maximum atomic E-state index is 12.3. The minimum atomic E-state index is -1.26. The molecule has 0 heterocycles. The van der Waals surface area contributed by atoms with Crippen LogP contribution in [0.2, 0.25) is 0 Å². The molecule has 0 spiro atoms. The molecule has 3 rings (SSSR count). The lowest BCUT2D eigenvalue weighted by Gasteiger charge is -2.08. The second-order valence-electron chi connectivity index (χ2n) is 5.43. The fourth-order valence-corrected chi connectivity index (χ4v) is 2.43. The van der Waals surface area contributed by atoms with Crippen molar-refractivity contribution in [3.63, 3.8) is 0 Å². The first kappa shape index (κ1) is 16.3. The Morgan fingerprint density at radius 3 is 2.08 bits per heavy atom. The smallest absolute Gasteiger partial charge is 0.339 e. The van der Waals surface area contributed by atoms with E-state index in [2.05, 4.69) is 5.32 Å². The Kier molecular flexibility index (Phi) is 4.48. The van der Waals surface area contributed by atoms with Gasteiger partial charge in [0.1, 0.15) is 11.3 Å². The largest absolute Gasteiger partial charge is 0.507 e. The molecule has 5 heteroatoms. The molecular weight excluding hydrogens is 318 g/mol. The number of phenols is 1. The zero-order valence-electron chi connectivity index (χ0n) is 13.1. The number of aromatic carboxylic acids is 1. The summed E-state index contributed by atoms with van der Waals surface area (Å²) in [4.78, 5) is 23.3. The molecule has 124 valence electrons. The highest BCUT2D eigenvalue weighted by Crippen LogP contribution is 2.23. The van der Waals surface area contributed by atoms with Crippen molar-refractivity contribution in [1.29, 1.82) is 0 Å². The monoisotopic (exact) mass is 333 g/mol. The number of aromatic hydroxyl groups is 1. The first-order valence-electron chi connectivity index (χ1n) is 7.58. The van der Waals surface area contributed by atoms with Crippen molar-refractivity contribution in [2.24, 2.45) is 0 Å². The van der Waals surface area contributed by atoms with Crippen LogP contribution in [0.25, 0.3) is 11.1 Å². The van der Waals surface area contributed by atoms with Gasteiger partial charge in [-0.25, -0.2) is 4.79 Å². The molecule has 5 nitrogen and oxygen atoms in total. The number of carboxylic acids is 1. The molecule has 0 radical (unpaired) electrons. The fraction of sp³-hybridized carbons (Fsp3) is 0. The Labute approximate surface area is 144 Å². The van der Waals surface area contributed by atoms with Gasteiger partial charge in [0.15, 0.2) is 0 Å². The lowest BCUT2D eigenvalue weighted by Crippen LogP contribution is -2.12. The molecule has 0 fully saturated rings. The minimum Gasteiger partial charge on any atom is -0.507 e. The molecule has 3 aromatic rings. The van der Waals surface area contributed by atoms with Gasteiger partial charge in [0.2, 0.25) is 0 Å². The zero-order chi connectivity index (χ0) is 17.8. The highest BCUT2D eigenvalue weighted by atomic mass is 16.4. The highest BCUT2D eigenvalue weighted by Gasteiger charge is 2.12. The van der Waals surface area contributed by atoms with Gasteiger partial charge >= 0.3 is 5.97 Å². The third-order valence-electron chi connectivity index (χ3n) is 3.74. The lowest BCUT2D eigenvalue weighted by atomic mass is 10.0. The summed E-state index contributed by atoms with van der Waals surface area (Å²) in [6.07, 6.45) is 0. The van der Waals surface area contributed by atoms with Crippen molar-refractivity contribution in [2.75, 3.05) is 5.32 Å². The summed E-state index contributed by atoms with van der Waals surface area (Å²) in [5.41, 5.74) is 2.53. The Morgan fingerprint density at radius 1 is 0.800 bits per heavy atom. The fourth-order valence-electron chi connectivity index (χ4n) is 2.43. The Morgan fingerprint density at radius 2 is 1.44 bits per heavy atom. The van der Waals surface area contributed by atoms with E-state index in [0.717, 1.165) is 11.1 Å². The average Bonchev–Trinajstić information content (AvgIpc) is 2.64. The maximum absolute atomic E-state index is 12.3. The molecule has 0 bridgehead atoms. The third kappa shape index (κ3) is 3.67. The molecule has 0 aliphatic rings. The number of carboxylic acid groups (broad SMARTS) is 1. The SMILES string of the molecule is O=C(Nc1ccc(O)c(C(=O)O)c1)c1ccc(-c2ccccc2)cc1. The molecule has 0 saturated carbocycles. The third-order valence-corrected chi connectivity index (χ3v) is 3.74. The lowest BCUT2D eigenvalue weighted by molar-refractivity contribution is 0.0693. The Balaban J connectivity index is 1.78. The molecule has 0 aromatic heterocycles. The standard InChI is InChI=1S/C20H15NO4/c22-18-11-10-16(12-17(18)20(24)25)21-19(23)15-8-6-14(7-9-15)13-4-2-1-3-5-13/h1-12,22H,(H,21,23)(H,24,25). The predicted octanol–water partition coefficient (Wildman–Crippen LogP) is 4.01. The molecule has 0 aliphatic carbocycles. The summed E-state index contributed by atoms with van der Waals surface area (Å²) in [6.45, 7) is 0. The molecule has 0 atom stereocenters. The van der Waals surface area contributed by atoms with Gasteiger partial charge in [-0.2, -0.15) is 0 Å². The van der Waals surface area contributed by atoms with Crippen molar-refractivity contribution in [3.8, 4) is 16.9 Å². The van der Waals surface area contributed by atoms with Crippen LogP contribution in [0.3, 0.4) is 0 Å². The number of hydrogen-bond acceptors (Lipinski definition) is 3. The second kappa shape index (κ2) is 6.88. The molecule has 25 heavy (non-hydrogen) atoms. The Bertz CT molecular complexity index is 918. The first-order chi connectivity index (χ1) is 12.0. The van der Waals surface area contributed by atoms with Gasteiger partial charge in [0.25, 0.3) is 5.91 Å². The van der Waals surface area contributed by atoms with E-state index in [4.69, 9.17) is 5.11 Å². The molecule has 3 N–H and O–H groups in total. The first-order valence-corrected chi connectivity index (χ1v) is 7.58. The predicted molar refractivity (Wildman–Crippen MR) is 94.9 cm³/mol. The van der Waals surface area contributed by atoms with Crippen LogP contribution < -0.4 is 5.32 Å². The number of carbonyl (C=O) groups excluding carboxylic acids is 1. The quantitative estimate of drug-likeness (QED) is 0.630. The van der Waals surface area contributed by atoms with Crippen LogP contribution in [0.5, 0.6) is 5.75 Å². The molecule has 3 aromatic carbocycles. The van der Waals surface area contributed by atoms with Crippen molar-refractivity contribution in [3.05, 3.63) is 83.9 Å². The van der Waals surface area contributed by atoms with E-state index in [0.29, 0.717) is 11.3 Å². The van der Waals surface area contributed by atoms with Gasteiger partial charge in [-0.1, -0.05) is 42.5 Å². The van der Waals surface area contributed by atoms with Gasteiger partial charge in [-0.3, -0.25) is 4.79 Å². The number of carbonyl (C=O) groups is 2. The number of rotatable bonds is 4. The van der Waals surface area contributed by atoms with Gasteiger partial charge < -0.3 is 15.5 Å². The summed E-state index contributed by atoms with van der Waals surface area (Å²) < 4.78 is 0. The van der Waals surface area contributed by atoms with Gasteiger partial charge in [0, 0.05) is 11.3 Å². The van der Waals surface area contributed by atoms with Crippen LogP contribution >= 0.6 is 0 Å². The van der Waals surface area contributed by atoms with Crippen molar-refractivity contribution >= 4 is 17.6 Å². The average molecular weight is 333 g/mol. The van der Waals surface area contributed by atoms with Gasteiger partial charge in [-0.05, 0) is 41.5 Å². The van der Waals surface area contributed by atoms with Crippen molar-refractivity contribution in [2.45, 2.75) is 0 Å². The normalized spacial score (nSPS) is 10.2. The number of hydrogen-bond donors (Lipinski definition) is 3. The highest BCUT2D eigenvalue weighted by molar-refractivity contribution is 6.05. The van der Waals surface area contributed by atoms with E-state index in [1.165, 1.54) is 18.2 Å². The molecule has 0 aliphatic heterocycles. The van der Waals surface area contributed by atoms with E-state index in [1.807, 2.05) is 42.5 Å². The van der Waals surface area contributed by atoms with E-state index in [-0.39, 0.29) is 17.2 Å². The van der Waals surface area contributed by atoms with E-state index < -0.39 is 5.97 Å². The van der Waals surface area contributed by atoms with Crippen LogP contribution in [-0.2, 0) is 0 Å². The van der Waals surface area contributed by atoms with Crippen molar-refractivity contribution < 1.29 is 19.8 Å². The van der Waals surface area contributed by atoms with Crippen LogP contribution in [-0.4, -0.2) is 22.1 Å². The summed E-state index contributed by atoms with van der Waals surface area (Å²) >= 11 is 0. The number of amides is 1. The van der Waals surface area contributed by atoms with Gasteiger partial charge in [0.05, 0.1) is 0 Å². The zero-order valence-corrected chi connectivity index (χ0v) is 13.1. The number of nitrogens with one attached hydrogen (secondary N) is 1. The minimum absolute atomic E-state index is 0.266. The van der Waals surface area contributed by atoms with Crippen LogP contribution in [0.15, 0.2) is 72.8 Å². The summed E-state index contributed by atoms with van der Waals surface area (Å²) in [5.74, 6) is -1.97. The summed E-state index contributed by atoms with van der Waals surface area (Å²) in [5, 5.41) is 21.1. The molecular formula is C20H15NO4. The topological polar surface area (TPSA) is 86.6 Å². The molecule has 1 amide bonds. The van der Waals surface area contributed by atoms with E-state index >= 15 is 0 Å². The Hall–Kier alpha value is -3.60. The van der Waals surface area contributed by atoms with Gasteiger partial charge in [-0.15, -0.1) is 0 Å². The van der Waals surface area contributed by atoms with E-state index in [1.54, 1.807) is 12.1 Å². The van der Waals surface area contributed by atoms with Crippen LogP contribution in [0.4, 0.5) is 5.69 Å². The maximum Gasteiger partial charge on any atom is 0.339 e. The number of anilines is 1. The summed E-state index contributed by atoms with van der Waals surface area (Å²) in [7, 11) is 0. The second-order valence-corrected chi connectivity index (χ2v) is 5.43. The summed E-state index contributed by atoms with van der Waals surface area (Å²) in [6, 6.07) is 20.8. The molecule has 0 saturated heterocycles. The van der Waals surface area contributed by atoms with Crippen molar-refractivity contribution in [1.82, 2.24) is 0 Å². The molecule has 0 unspecified atom stereocenters. The van der Waals surface area contributed by atoms with Crippen LogP contribution in [0, 0.1) is 0 Å². The number of benzene rings is 3. The van der Waals surface area contributed by atoms with E-state index in [9.17, 15) is 14.7 Å².